The summed E-state index contributed by atoms with van der Waals surface area (Å²) in [7, 11) is 1.29. The number of alkyl halides is 3. The fourth-order valence-corrected chi connectivity index (χ4v) is 5.23. The van der Waals surface area contributed by atoms with Crippen molar-refractivity contribution in [1.29, 1.82) is 0 Å². The smallest absolute Gasteiger partial charge is 0.416 e. The molecule has 186 valence electrons. The van der Waals surface area contributed by atoms with Gasteiger partial charge in [0, 0.05) is 12.7 Å². The van der Waals surface area contributed by atoms with Gasteiger partial charge in [0.25, 0.3) is 5.91 Å². The third kappa shape index (κ3) is 4.37. The summed E-state index contributed by atoms with van der Waals surface area (Å²) in [5, 5.41) is 2.33. The van der Waals surface area contributed by atoms with Gasteiger partial charge in [0.1, 0.15) is 5.56 Å². The second-order valence-electron chi connectivity index (χ2n) is 8.71. The lowest BCUT2D eigenvalue weighted by molar-refractivity contribution is -0.137. The second kappa shape index (κ2) is 8.77. The van der Waals surface area contributed by atoms with Gasteiger partial charge >= 0.3 is 12.1 Å². The number of nitrogens with zero attached hydrogens (tertiary/aromatic N) is 1. The first-order chi connectivity index (χ1) is 17.1. The molecule has 0 unspecified atom stereocenters. The van der Waals surface area contributed by atoms with Gasteiger partial charge < -0.3 is 14.6 Å². The zero-order valence-corrected chi connectivity index (χ0v) is 19.8. The van der Waals surface area contributed by atoms with E-state index < -0.39 is 34.3 Å². The Morgan fingerprint density at radius 1 is 1.06 bits per heavy atom. The predicted octanol–water partition coefficient (Wildman–Crippen LogP) is 6.11. The van der Waals surface area contributed by atoms with Crippen molar-refractivity contribution in [3.63, 3.8) is 0 Å². The molecule has 0 aliphatic heterocycles. The maximum atomic E-state index is 14.9. The van der Waals surface area contributed by atoms with Crippen molar-refractivity contribution in [1.82, 2.24) is 9.88 Å². The molecule has 1 N–H and O–H groups in total. The largest absolute Gasteiger partial charge is 0.465 e. The molecule has 2 aromatic heterocycles. The number of aromatic nitrogens is 1. The number of benzene rings is 2. The standard InChI is InChI=1S/C26H20F4N2O3S/c1-35-24(34)16-4-8-17(9-5-16)25(11-12-25)31-23(33)20-21-19(36-22(20)27)10-13-32(21)14-15-2-6-18(7-3-15)26(28,29)30/h2-10,13H,11-12,14H2,1H3,(H,31,33). The third-order valence-corrected chi connectivity index (χ3v) is 7.31. The SMILES string of the molecule is COC(=O)c1ccc(C2(NC(=O)c3c(F)sc4ccn(Cc5ccc(C(F)(F)F)cc5)c34)CC2)cc1. The molecule has 5 rings (SSSR count). The maximum absolute atomic E-state index is 14.9. The molecule has 1 amide bonds. The molecular weight excluding hydrogens is 496 g/mol. The van der Waals surface area contributed by atoms with Gasteiger partial charge in [0.15, 0.2) is 5.13 Å². The lowest BCUT2D eigenvalue weighted by Crippen LogP contribution is -2.35. The van der Waals surface area contributed by atoms with E-state index in [-0.39, 0.29) is 12.1 Å². The molecule has 10 heteroatoms. The first kappa shape index (κ1) is 24.1. The molecule has 1 aliphatic rings. The number of carbonyl (C=O) groups excluding carboxylic acids is 2. The highest BCUT2D eigenvalue weighted by Crippen LogP contribution is 2.46. The fraction of sp³-hybridized carbons (Fsp3) is 0.231. The fourth-order valence-electron chi connectivity index (χ4n) is 4.30. The Balaban J connectivity index is 1.40. The van der Waals surface area contributed by atoms with Crippen LogP contribution in [-0.2, 0) is 23.0 Å². The lowest BCUT2D eigenvalue weighted by Gasteiger charge is -2.18. The Kier molecular flexibility index (Phi) is 5.86. The highest BCUT2D eigenvalue weighted by molar-refractivity contribution is 7.17. The number of thiophene rings is 1. The van der Waals surface area contributed by atoms with Crippen molar-refractivity contribution >= 4 is 33.4 Å². The normalized spacial score (nSPS) is 14.6. The highest BCUT2D eigenvalue weighted by atomic mass is 32.1. The number of fused-ring (bicyclic) bond motifs is 1. The van der Waals surface area contributed by atoms with Crippen LogP contribution in [0.1, 0.15) is 50.2 Å². The van der Waals surface area contributed by atoms with Gasteiger partial charge in [-0.1, -0.05) is 24.3 Å². The van der Waals surface area contributed by atoms with Crippen molar-refractivity contribution in [2.45, 2.75) is 31.1 Å². The Morgan fingerprint density at radius 2 is 1.72 bits per heavy atom. The van der Waals surface area contributed by atoms with Crippen LogP contribution in [0.2, 0.25) is 0 Å². The summed E-state index contributed by atoms with van der Waals surface area (Å²) >= 11 is 0.846. The Morgan fingerprint density at radius 3 is 2.31 bits per heavy atom. The summed E-state index contributed by atoms with van der Waals surface area (Å²) in [5.74, 6) is -1.03. The molecule has 0 bridgehead atoms. The Hall–Kier alpha value is -3.66. The monoisotopic (exact) mass is 516 g/mol. The number of hydrogen-bond acceptors (Lipinski definition) is 4. The van der Waals surface area contributed by atoms with Gasteiger partial charge in [-0.05, 0) is 54.3 Å². The van der Waals surface area contributed by atoms with E-state index in [1.165, 1.54) is 19.2 Å². The molecule has 4 aromatic rings. The summed E-state index contributed by atoms with van der Waals surface area (Å²) in [5.41, 5.74) is 0.668. The van der Waals surface area contributed by atoms with Crippen LogP contribution in [0.4, 0.5) is 17.6 Å². The predicted molar refractivity (Wildman–Crippen MR) is 126 cm³/mol. The number of rotatable bonds is 6. The lowest BCUT2D eigenvalue weighted by atomic mass is 10.0. The number of amides is 1. The molecular formula is C26H20F4N2O3S. The zero-order chi connectivity index (χ0) is 25.7. The van der Waals surface area contributed by atoms with Crippen molar-refractivity contribution in [2.24, 2.45) is 0 Å². The third-order valence-electron chi connectivity index (χ3n) is 6.38. The van der Waals surface area contributed by atoms with Crippen LogP contribution in [0, 0.1) is 5.13 Å². The van der Waals surface area contributed by atoms with Crippen LogP contribution >= 0.6 is 11.3 Å². The molecule has 1 fully saturated rings. The van der Waals surface area contributed by atoms with Gasteiger partial charge in [0.2, 0.25) is 0 Å². The van der Waals surface area contributed by atoms with E-state index in [9.17, 15) is 27.2 Å². The molecule has 36 heavy (non-hydrogen) atoms. The molecule has 5 nitrogen and oxygen atoms in total. The first-order valence-electron chi connectivity index (χ1n) is 11.1. The summed E-state index contributed by atoms with van der Waals surface area (Å²) in [6, 6.07) is 13.1. The van der Waals surface area contributed by atoms with E-state index in [1.807, 2.05) is 0 Å². The van der Waals surface area contributed by atoms with Crippen LogP contribution in [0.25, 0.3) is 10.2 Å². The highest BCUT2D eigenvalue weighted by Gasteiger charge is 2.46. The van der Waals surface area contributed by atoms with Crippen LogP contribution in [0.5, 0.6) is 0 Å². The van der Waals surface area contributed by atoms with E-state index in [4.69, 9.17) is 4.74 Å². The zero-order valence-electron chi connectivity index (χ0n) is 19.0. The number of nitrogens with one attached hydrogen (secondary N) is 1. The van der Waals surface area contributed by atoms with Crippen molar-refractivity contribution in [2.75, 3.05) is 7.11 Å². The van der Waals surface area contributed by atoms with E-state index >= 15 is 0 Å². The average Bonchev–Trinajstić information content (AvgIpc) is 3.42. The molecule has 1 aliphatic carbocycles. The number of esters is 1. The van der Waals surface area contributed by atoms with E-state index in [0.29, 0.717) is 34.2 Å². The minimum absolute atomic E-state index is 0.0932. The number of carbonyl (C=O) groups is 2. The quantitative estimate of drug-likeness (QED) is 0.248. The Labute approximate surface area is 207 Å². The number of methoxy groups -OCH3 is 1. The second-order valence-corrected chi connectivity index (χ2v) is 9.71. The van der Waals surface area contributed by atoms with Crippen molar-refractivity contribution in [3.8, 4) is 0 Å². The van der Waals surface area contributed by atoms with E-state index in [2.05, 4.69) is 5.32 Å². The van der Waals surface area contributed by atoms with Crippen LogP contribution in [0.15, 0.2) is 60.8 Å². The first-order valence-corrected chi connectivity index (χ1v) is 11.9. The Bertz CT molecular complexity index is 1450. The number of halogens is 4. The molecule has 1 saturated carbocycles. The summed E-state index contributed by atoms with van der Waals surface area (Å²) in [4.78, 5) is 25.0. The summed E-state index contributed by atoms with van der Waals surface area (Å²) in [6.07, 6.45) is -1.41. The number of ether oxygens (including phenoxy) is 1. The topological polar surface area (TPSA) is 60.3 Å². The number of hydrogen-bond donors (Lipinski definition) is 1. The molecule has 2 heterocycles. The van der Waals surface area contributed by atoms with Gasteiger partial charge in [-0.25, -0.2) is 4.79 Å². The summed E-state index contributed by atoms with van der Waals surface area (Å²) < 4.78 is 60.5. The summed E-state index contributed by atoms with van der Waals surface area (Å²) in [6.45, 7) is 0.179. The average molecular weight is 517 g/mol. The minimum atomic E-state index is -4.43. The molecule has 2 aromatic carbocycles. The van der Waals surface area contributed by atoms with Crippen molar-refractivity contribution in [3.05, 3.63) is 93.7 Å². The molecule has 0 atom stereocenters. The van der Waals surface area contributed by atoms with Crippen LogP contribution < -0.4 is 5.32 Å². The van der Waals surface area contributed by atoms with E-state index in [0.717, 1.165) is 29.0 Å². The molecule has 0 spiro atoms. The minimum Gasteiger partial charge on any atom is -0.465 e. The van der Waals surface area contributed by atoms with E-state index in [1.54, 1.807) is 41.1 Å². The van der Waals surface area contributed by atoms with Crippen LogP contribution in [0.3, 0.4) is 0 Å². The molecule has 0 radical (unpaired) electrons. The van der Waals surface area contributed by atoms with Crippen LogP contribution in [-0.4, -0.2) is 23.6 Å². The molecule has 0 saturated heterocycles. The van der Waals surface area contributed by atoms with Gasteiger partial charge in [-0.15, -0.1) is 11.3 Å². The maximum Gasteiger partial charge on any atom is 0.416 e. The van der Waals surface area contributed by atoms with Crippen molar-refractivity contribution < 1.29 is 31.9 Å². The van der Waals surface area contributed by atoms with Gasteiger partial charge in [-0.2, -0.15) is 17.6 Å². The van der Waals surface area contributed by atoms with Gasteiger partial charge in [0.05, 0.1) is 34.0 Å². The van der Waals surface area contributed by atoms with Gasteiger partial charge in [-0.3, -0.25) is 4.79 Å².